The lowest BCUT2D eigenvalue weighted by Crippen LogP contribution is -2.39. The van der Waals surface area contributed by atoms with Crippen LogP contribution in [0.3, 0.4) is 0 Å². The van der Waals surface area contributed by atoms with Gasteiger partial charge in [0.25, 0.3) is 0 Å². The van der Waals surface area contributed by atoms with Crippen molar-refractivity contribution in [2.45, 2.75) is 51.9 Å². The zero-order valence-corrected chi connectivity index (χ0v) is 17.8. The molecule has 0 bridgehead atoms. The third kappa shape index (κ3) is 9.49. The Bertz CT molecular complexity index is 387. The van der Waals surface area contributed by atoms with Crippen LogP contribution in [0.2, 0.25) is 0 Å². The summed E-state index contributed by atoms with van der Waals surface area (Å²) >= 11 is 0. The van der Waals surface area contributed by atoms with E-state index >= 15 is 0 Å². The molecular formula is C18H35IN4O. The number of unbranched alkanes of at least 4 members (excludes halogenated alkanes) is 3. The molecule has 0 aromatic rings. The fraction of sp³-hybridized carbons (Fsp3) is 0.778. The molecule has 0 aromatic carbocycles. The zero-order valence-electron chi connectivity index (χ0n) is 15.4. The van der Waals surface area contributed by atoms with Crippen molar-refractivity contribution in [3.63, 3.8) is 0 Å². The number of rotatable bonds is 11. The number of nitrogens with zero attached hydrogens (tertiary/aromatic N) is 3. The molecule has 0 radical (unpaired) electrons. The Morgan fingerprint density at radius 2 is 2.17 bits per heavy atom. The molecule has 1 heterocycles. The highest BCUT2D eigenvalue weighted by molar-refractivity contribution is 14.0. The molecular weight excluding hydrogens is 415 g/mol. The van der Waals surface area contributed by atoms with Crippen molar-refractivity contribution in [2.24, 2.45) is 4.99 Å². The molecule has 0 spiro atoms. The lowest BCUT2D eigenvalue weighted by Gasteiger charge is -2.22. The maximum Gasteiger partial charge on any atom is 0.222 e. The van der Waals surface area contributed by atoms with Crippen LogP contribution in [0.15, 0.2) is 17.6 Å². The van der Waals surface area contributed by atoms with E-state index in [1.165, 1.54) is 19.3 Å². The van der Waals surface area contributed by atoms with E-state index < -0.39 is 0 Å². The Morgan fingerprint density at radius 1 is 1.38 bits per heavy atom. The molecule has 0 aliphatic carbocycles. The van der Waals surface area contributed by atoms with Crippen LogP contribution in [0.5, 0.6) is 0 Å². The van der Waals surface area contributed by atoms with Gasteiger partial charge in [-0.1, -0.05) is 12.5 Å². The Labute approximate surface area is 165 Å². The van der Waals surface area contributed by atoms with Crippen molar-refractivity contribution >= 4 is 35.8 Å². The standard InChI is InChI=1S/C18H34N4O.HI/c1-4-6-7-8-9-14-21(3)18(19-5-2)20-13-11-16-22-15-10-12-17(22)23;/h4H,1,5-16H2,2-3H3,(H,19,20);1H. The lowest BCUT2D eigenvalue weighted by molar-refractivity contribution is -0.127. The third-order valence-corrected chi connectivity index (χ3v) is 4.12. The summed E-state index contributed by atoms with van der Waals surface area (Å²) in [5, 5.41) is 3.35. The Morgan fingerprint density at radius 3 is 2.79 bits per heavy atom. The first kappa shape index (κ1) is 23.2. The summed E-state index contributed by atoms with van der Waals surface area (Å²) < 4.78 is 0. The number of allylic oxidation sites excluding steroid dienone is 1. The van der Waals surface area contributed by atoms with Crippen molar-refractivity contribution in [1.82, 2.24) is 15.1 Å². The second kappa shape index (κ2) is 14.5. The number of carbonyl (C=O) groups is 1. The minimum atomic E-state index is 0. The predicted molar refractivity (Wildman–Crippen MR) is 113 cm³/mol. The van der Waals surface area contributed by atoms with Gasteiger partial charge in [-0.3, -0.25) is 9.79 Å². The van der Waals surface area contributed by atoms with E-state index in [1.807, 2.05) is 11.0 Å². The fourth-order valence-corrected chi connectivity index (χ4v) is 2.78. The predicted octanol–water partition coefficient (Wildman–Crippen LogP) is 3.26. The average Bonchev–Trinajstić information content (AvgIpc) is 2.95. The van der Waals surface area contributed by atoms with Crippen molar-refractivity contribution in [3.8, 4) is 0 Å². The number of amides is 1. The van der Waals surface area contributed by atoms with Gasteiger partial charge in [0.1, 0.15) is 0 Å². The van der Waals surface area contributed by atoms with Gasteiger partial charge in [-0.15, -0.1) is 30.6 Å². The SMILES string of the molecule is C=CCCCCCN(C)C(=NCCCN1CCCC1=O)NCC.I. The van der Waals surface area contributed by atoms with E-state index in [4.69, 9.17) is 4.99 Å². The van der Waals surface area contributed by atoms with E-state index in [2.05, 4.69) is 30.8 Å². The van der Waals surface area contributed by atoms with Gasteiger partial charge < -0.3 is 15.1 Å². The van der Waals surface area contributed by atoms with Crippen molar-refractivity contribution in [2.75, 3.05) is 39.8 Å². The number of hydrogen-bond donors (Lipinski definition) is 1. The Kier molecular flexibility index (Phi) is 14.1. The number of halogens is 1. The summed E-state index contributed by atoms with van der Waals surface area (Å²) in [5.41, 5.74) is 0. The van der Waals surface area contributed by atoms with Crippen molar-refractivity contribution in [3.05, 3.63) is 12.7 Å². The van der Waals surface area contributed by atoms with Gasteiger partial charge in [-0.2, -0.15) is 0 Å². The fourth-order valence-electron chi connectivity index (χ4n) is 2.78. The zero-order chi connectivity index (χ0) is 16.9. The van der Waals surface area contributed by atoms with Crippen LogP contribution in [0.4, 0.5) is 0 Å². The molecule has 1 N–H and O–H groups in total. The second-order valence-electron chi connectivity index (χ2n) is 6.13. The molecule has 6 heteroatoms. The van der Waals surface area contributed by atoms with Gasteiger partial charge in [0.2, 0.25) is 5.91 Å². The van der Waals surface area contributed by atoms with Gasteiger partial charge in [0.05, 0.1) is 0 Å². The van der Waals surface area contributed by atoms with Crippen LogP contribution in [-0.4, -0.2) is 61.4 Å². The smallest absolute Gasteiger partial charge is 0.222 e. The molecule has 24 heavy (non-hydrogen) atoms. The van der Waals surface area contributed by atoms with Crippen molar-refractivity contribution < 1.29 is 4.79 Å². The summed E-state index contributed by atoms with van der Waals surface area (Å²) in [6, 6.07) is 0. The third-order valence-electron chi connectivity index (χ3n) is 4.12. The first-order valence-corrected chi connectivity index (χ1v) is 9.07. The second-order valence-corrected chi connectivity index (χ2v) is 6.13. The van der Waals surface area contributed by atoms with E-state index in [1.54, 1.807) is 0 Å². The molecule has 1 aliphatic rings. The quantitative estimate of drug-likeness (QED) is 0.173. The van der Waals surface area contributed by atoms with Crippen LogP contribution in [-0.2, 0) is 4.79 Å². The number of nitrogens with one attached hydrogen (secondary N) is 1. The first-order chi connectivity index (χ1) is 11.2. The number of hydrogen-bond acceptors (Lipinski definition) is 2. The molecule has 1 fully saturated rings. The van der Waals surface area contributed by atoms with E-state index in [-0.39, 0.29) is 24.0 Å². The minimum absolute atomic E-state index is 0. The van der Waals surface area contributed by atoms with Crippen LogP contribution >= 0.6 is 24.0 Å². The van der Waals surface area contributed by atoms with Crippen LogP contribution in [0.25, 0.3) is 0 Å². The topological polar surface area (TPSA) is 47.9 Å². The van der Waals surface area contributed by atoms with Gasteiger partial charge in [-0.25, -0.2) is 0 Å². The van der Waals surface area contributed by atoms with Crippen molar-refractivity contribution in [1.29, 1.82) is 0 Å². The molecule has 0 atom stereocenters. The van der Waals surface area contributed by atoms with Gasteiger partial charge in [0.15, 0.2) is 5.96 Å². The highest BCUT2D eigenvalue weighted by Crippen LogP contribution is 2.09. The Balaban J connectivity index is 0.00000529. The largest absolute Gasteiger partial charge is 0.357 e. The average molecular weight is 450 g/mol. The molecule has 0 unspecified atom stereocenters. The summed E-state index contributed by atoms with van der Waals surface area (Å²) in [6.45, 7) is 10.3. The van der Waals surface area contributed by atoms with Gasteiger partial charge >= 0.3 is 0 Å². The summed E-state index contributed by atoms with van der Waals surface area (Å²) in [4.78, 5) is 20.4. The monoisotopic (exact) mass is 450 g/mol. The number of aliphatic imine (C=N–C) groups is 1. The molecule has 0 aromatic heterocycles. The highest BCUT2D eigenvalue weighted by atomic mass is 127. The van der Waals surface area contributed by atoms with Crippen LogP contribution in [0.1, 0.15) is 51.9 Å². The molecule has 1 saturated heterocycles. The van der Waals surface area contributed by atoms with Crippen LogP contribution in [0, 0.1) is 0 Å². The van der Waals surface area contributed by atoms with E-state index in [9.17, 15) is 4.79 Å². The maximum absolute atomic E-state index is 11.6. The van der Waals surface area contributed by atoms with Gasteiger partial charge in [-0.05, 0) is 39.0 Å². The molecule has 0 saturated carbocycles. The van der Waals surface area contributed by atoms with E-state index in [0.717, 1.165) is 64.4 Å². The highest BCUT2D eigenvalue weighted by Gasteiger charge is 2.18. The summed E-state index contributed by atoms with van der Waals surface area (Å²) in [6.07, 6.45) is 9.39. The molecule has 1 aliphatic heterocycles. The number of guanidine groups is 1. The lowest BCUT2D eigenvalue weighted by atomic mass is 10.2. The summed E-state index contributed by atoms with van der Waals surface area (Å²) in [5.74, 6) is 1.28. The maximum atomic E-state index is 11.6. The minimum Gasteiger partial charge on any atom is -0.357 e. The number of carbonyl (C=O) groups excluding carboxylic acids is 1. The molecule has 1 rings (SSSR count). The van der Waals surface area contributed by atoms with Gasteiger partial charge in [0, 0.05) is 46.2 Å². The molecule has 140 valence electrons. The first-order valence-electron chi connectivity index (χ1n) is 9.07. The normalized spacial score (nSPS) is 14.5. The Hall–Kier alpha value is -0.790. The van der Waals surface area contributed by atoms with E-state index in [0.29, 0.717) is 5.91 Å². The molecule has 1 amide bonds. The molecule has 5 nitrogen and oxygen atoms in total. The number of likely N-dealkylation sites (tertiary alicyclic amines) is 1. The summed E-state index contributed by atoms with van der Waals surface area (Å²) in [7, 11) is 2.10. The van der Waals surface area contributed by atoms with Crippen LogP contribution < -0.4 is 5.32 Å².